The fourth-order valence-electron chi connectivity index (χ4n) is 1.09. The Labute approximate surface area is 131 Å². The fraction of sp³-hybridized carbons (Fsp3) is 0.300. The van der Waals surface area contributed by atoms with Crippen LogP contribution < -0.4 is 0 Å². The fourth-order valence-corrected chi connectivity index (χ4v) is 2.12. The van der Waals surface area contributed by atoms with E-state index < -0.39 is 18.8 Å². The zero-order valence-corrected chi connectivity index (χ0v) is 14.6. The van der Waals surface area contributed by atoms with Crippen LogP contribution in [0.2, 0.25) is 0 Å². The van der Waals surface area contributed by atoms with Gasteiger partial charge in [-0.3, -0.25) is 0 Å². The molecule has 0 atom stereocenters. The molecule has 8 heteroatoms. The standard InChI is InChI=1S/C10H9Br3O4S/c11-10(12,13)8-3-1-7(2-4-8)9(14)17-5-6-18(15)16/h1-4,18H,5-6H2. The zero-order chi connectivity index (χ0) is 13.8. The van der Waals surface area contributed by atoms with Gasteiger partial charge in [0.2, 0.25) is 0 Å². The van der Waals surface area contributed by atoms with Crippen LogP contribution in [0.3, 0.4) is 0 Å². The summed E-state index contributed by atoms with van der Waals surface area (Å²) in [4.78, 5) is 11.5. The van der Waals surface area contributed by atoms with Crippen LogP contribution in [0.5, 0.6) is 0 Å². The molecule has 0 aliphatic rings. The van der Waals surface area contributed by atoms with E-state index in [9.17, 15) is 13.2 Å². The number of rotatable bonds is 4. The monoisotopic (exact) mass is 462 g/mol. The Balaban J connectivity index is 2.65. The van der Waals surface area contributed by atoms with Crippen LogP contribution in [0.4, 0.5) is 0 Å². The van der Waals surface area contributed by atoms with E-state index in [1.807, 2.05) is 0 Å². The topological polar surface area (TPSA) is 60.4 Å². The number of hydrogen-bond donors (Lipinski definition) is 1. The van der Waals surface area contributed by atoms with Crippen molar-refractivity contribution >= 4 is 64.5 Å². The van der Waals surface area contributed by atoms with Crippen molar-refractivity contribution in [2.24, 2.45) is 0 Å². The van der Waals surface area contributed by atoms with Gasteiger partial charge >= 0.3 is 5.97 Å². The number of thiol groups is 1. The van der Waals surface area contributed by atoms with E-state index in [-0.39, 0.29) is 12.4 Å². The van der Waals surface area contributed by atoms with E-state index in [0.29, 0.717) is 5.56 Å². The van der Waals surface area contributed by atoms with Crippen LogP contribution in [0.1, 0.15) is 15.9 Å². The second-order valence-corrected chi connectivity index (χ2v) is 11.1. The third-order valence-corrected chi connectivity index (χ3v) is 3.88. The number of ether oxygens (including phenoxy) is 1. The van der Waals surface area contributed by atoms with Crippen LogP contribution >= 0.6 is 47.8 Å². The van der Waals surface area contributed by atoms with Crippen LogP contribution in [0.25, 0.3) is 0 Å². The highest BCUT2D eigenvalue weighted by Gasteiger charge is 2.20. The molecule has 0 saturated carbocycles. The molecule has 0 heterocycles. The Hall–Kier alpha value is 0.0800. The maximum Gasteiger partial charge on any atom is 0.338 e. The van der Waals surface area contributed by atoms with Gasteiger partial charge in [-0.1, -0.05) is 59.9 Å². The lowest BCUT2D eigenvalue weighted by atomic mass is 10.1. The summed E-state index contributed by atoms with van der Waals surface area (Å²) in [6, 6.07) is 6.69. The van der Waals surface area contributed by atoms with Crippen molar-refractivity contribution in [1.82, 2.24) is 0 Å². The van der Waals surface area contributed by atoms with Gasteiger partial charge < -0.3 is 4.74 Å². The van der Waals surface area contributed by atoms with Gasteiger partial charge in [0, 0.05) is 0 Å². The normalized spacial score (nSPS) is 11.6. The Morgan fingerprint density at radius 1 is 1.17 bits per heavy atom. The van der Waals surface area contributed by atoms with Gasteiger partial charge in [0.15, 0.2) is 2.14 Å². The van der Waals surface area contributed by atoms with Gasteiger partial charge in [0.05, 0.1) is 11.3 Å². The molecule has 0 bridgehead atoms. The van der Waals surface area contributed by atoms with Gasteiger partial charge in [-0.05, 0) is 17.7 Å². The summed E-state index contributed by atoms with van der Waals surface area (Å²) in [7, 11) is -2.52. The molecule has 18 heavy (non-hydrogen) atoms. The van der Waals surface area contributed by atoms with Crippen LogP contribution in [0, 0.1) is 0 Å². The third-order valence-electron chi connectivity index (χ3n) is 1.95. The first-order valence-electron chi connectivity index (χ1n) is 4.77. The minimum Gasteiger partial charge on any atom is -0.461 e. The zero-order valence-electron chi connectivity index (χ0n) is 8.94. The summed E-state index contributed by atoms with van der Waals surface area (Å²) < 4.78 is 24.9. The molecule has 0 aliphatic carbocycles. The van der Waals surface area contributed by atoms with Gasteiger partial charge in [-0.15, -0.1) is 0 Å². The molecule has 0 spiro atoms. The molecule has 1 rings (SSSR count). The van der Waals surface area contributed by atoms with Crippen LogP contribution in [-0.4, -0.2) is 26.7 Å². The molecular formula is C10H9Br3O4S. The second kappa shape index (κ2) is 7.02. The molecule has 100 valence electrons. The van der Waals surface area contributed by atoms with Gasteiger partial charge in [-0.2, -0.15) is 0 Å². The molecule has 0 fully saturated rings. The minimum atomic E-state index is -2.52. The van der Waals surface area contributed by atoms with Crippen molar-refractivity contribution in [2.75, 3.05) is 12.4 Å². The number of esters is 1. The molecule has 0 saturated heterocycles. The number of hydrogen-bond acceptors (Lipinski definition) is 4. The number of alkyl halides is 3. The summed E-state index contributed by atoms with van der Waals surface area (Å²) in [6.07, 6.45) is 0. The summed E-state index contributed by atoms with van der Waals surface area (Å²) in [5, 5.41) is 0. The van der Waals surface area contributed by atoms with E-state index in [2.05, 4.69) is 47.8 Å². The third kappa shape index (κ3) is 5.38. The Kier molecular flexibility index (Phi) is 6.29. The van der Waals surface area contributed by atoms with Crippen molar-refractivity contribution in [3.8, 4) is 0 Å². The van der Waals surface area contributed by atoms with Crippen molar-refractivity contribution in [2.45, 2.75) is 2.14 Å². The van der Waals surface area contributed by atoms with Crippen molar-refractivity contribution in [3.63, 3.8) is 0 Å². The molecule has 0 radical (unpaired) electrons. The van der Waals surface area contributed by atoms with Gasteiger partial charge in [-0.25, -0.2) is 13.2 Å². The first kappa shape index (κ1) is 16.1. The number of carbonyl (C=O) groups is 1. The molecule has 4 nitrogen and oxygen atoms in total. The molecule has 0 N–H and O–H groups in total. The highest BCUT2D eigenvalue weighted by atomic mass is 80.0. The SMILES string of the molecule is O=C(OCC[SH](=O)=O)c1ccc(C(Br)(Br)Br)cc1. The average Bonchev–Trinajstić information content (AvgIpc) is 2.27. The van der Waals surface area contributed by atoms with E-state index in [0.717, 1.165) is 5.56 Å². The molecule has 0 aromatic heterocycles. The molecule has 0 aliphatic heterocycles. The van der Waals surface area contributed by atoms with E-state index >= 15 is 0 Å². The average molecular weight is 465 g/mol. The number of halogens is 3. The van der Waals surface area contributed by atoms with Gasteiger partial charge in [0.1, 0.15) is 17.3 Å². The van der Waals surface area contributed by atoms with E-state index in [4.69, 9.17) is 4.74 Å². The predicted molar refractivity (Wildman–Crippen MR) is 80.4 cm³/mol. The Morgan fingerprint density at radius 3 is 2.17 bits per heavy atom. The minimum absolute atomic E-state index is 0.126. The second-order valence-electron chi connectivity index (χ2n) is 3.27. The maximum absolute atomic E-state index is 11.5. The maximum atomic E-state index is 11.5. The summed E-state index contributed by atoms with van der Waals surface area (Å²) in [5.41, 5.74) is 1.25. The highest BCUT2D eigenvalue weighted by molar-refractivity contribution is 9.38. The highest BCUT2D eigenvalue weighted by Crippen LogP contribution is 2.44. The van der Waals surface area contributed by atoms with Crippen molar-refractivity contribution in [3.05, 3.63) is 35.4 Å². The summed E-state index contributed by atoms with van der Waals surface area (Å²) >= 11 is 10.1. The van der Waals surface area contributed by atoms with Crippen LogP contribution in [-0.2, 0) is 17.6 Å². The Bertz CT molecular complexity index is 483. The van der Waals surface area contributed by atoms with Crippen molar-refractivity contribution < 1.29 is 17.9 Å². The molecule has 1 aromatic carbocycles. The van der Waals surface area contributed by atoms with Crippen LogP contribution in [0.15, 0.2) is 24.3 Å². The first-order chi connectivity index (χ1) is 8.30. The molecule has 0 amide bonds. The predicted octanol–water partition coefficient (Wildman–Crippen LogP) is 2.75. The lowest BCUT2D eigenvalue weighted by molar-refractivity contribution is 0.0529. The lowest BCUT2D eigenvalue weighted by Crippen LogP contribution is -2.10. The summed E-state index contributed by atoms with van der Waals surface area (Å²) in [6.45, 7) is -0.126. The van der Waals surface area contributed by atoms with Gasteiger partial charge in [0.25, 0.3) is 0 Å². The Morgan fingerprint density at radius 2 is 1.72 bits per heavy atom. The van der Waals surface area contributed by atoms with E-state index in [1.165, 1.54) is 0 Å². The molecular weight excluding hydrogens is 456 g/mol. The lowest BCUT2D eigenvalue weighted by Gasteiger charge is -2.12. The molecule has 1 aromatic rings. The number of carbonyl (C=O) groups excluding carboxylic acids is 1. The number of benzene rings is 1. The van der Waals surface area contributed by atoms with E-state index in [1.54, 1.807) is 24.3 Å². The summed E-state index contributed by atoms with van der Waals surface area (Å²) in [5.74, 6) is -0.699. The first-order valence-corrected chi connectivity index (χ1v) is 8.51. The quantitative estimate of drug-likeness (QED) is 0.423. The smallest absolute Gasteiger partial charge is 0.338 e. The largest absolute Gasteiger partial charge is 0.461 e. The van der Waals surface area contributed by atoms with Crippen molar-refractivity contribution in [1.29, 1.82) is 0 Å². The molecule has 0 unspecified atom stereocenters.